The van der Waals surface area contributed by atoms with Gasteiger partial charge in [0.05, 0.1) is 5.02 Å². The van der Waals surface area contributed by atoms with Crippen LogP contribution in [0, 0.1) is 5.82 Å². The van der Waals surface area contributed by atoms with E-state index >= 15 is 0 Å². The van der Waals surface area contributed by atoms with Crippen molar-refractivity contribution in [3.05, 3.63) is 69.5 Å². The number of hydrogen-bond acceptors (Lipinski definition) is 1. The third kappa shape index (κ3) is 3.79. The molecule has 0 heterocycles. The summed E-state index contributed by atoms with van der Waals surface area (Å²) in [5.74, 6) is -0.472. The molecule has 0 aliphatic heterocycles. The van der Waals surface area contributed by atoms with Crippen LogP contribution in [0.2, 0.25) is 10.0 Å². The average molecular weight is 297 g/mol. The molecule has 19 heavy (non-hydrogen) atoms. The SMILES string of the molecule is O=C(Cc1ccc(F)c(Cl)c1)Cc1ccccc1Cl. The first kappa shape index (κ1) is 14.0. The molecule has 2 aromatic carbocycles. The van der Waals surface area contributed by atoms with E-state index in [-0.39, 0.29) is 23.6 Å². The highest BCUT2D eigenvalue weighted by Crippen LogP contribution is 2.19. The summed E-state index contributed by atoms with van der Waals surface area (Å²) in [6.07, 6.45) is 0.472. The minimum Gasteiger partial charge on any atom is -0.299 e. The summed E-state index contributed by atoms with van der Waals surface area (Å²) < 4.78 is 13.0. The largest absolute Gasteiger partial charge is 0.299 e. The van der Waals surface area contributed by atoms with Crippen molar-refractivity contribution >= 4 is 29.0 Å². The van der Waals surface area contributed by atoms with Gasteiger partial charge in [-0.05, 0) is 29.3 Å². The minimum atomic E-state index is -0.482. The first-order valence-electron chi connectivity index (χ1n) is 5.75. The van der Waals surface area contributed by atoms with Crippen LogP contribution in [0.15, 0.2) is 42.5 Å². The second-order valence-corrected chi connectivity index (χ2v) is 5.05. The normalized spacial score (nSPS) is 10.5. The Hall–Kier alpha value is -1.38. The van der Waals surface area contributed by atoms with Crippen LogP contribution in [0.25, 0.3) is 0 Å². The summed E-state index contributed by atoms with van der Waals surface area (Å²) in [6.45, 7) is 0. The van der Waals surface area contributed by atoms with E-state index in [0.29, 0.717) is 10.6 Å². The van der Waals surface area contributed by atoms with Gasteiger partial charge in [0, 0.05) is 17.9 Å². The van der Waals surface area contributed by atoms with Gasteiger partial charge in [0.2, 0.25) is 0 Å². The number of carbonyl (C=O) groups is 1. The lowest BCUT2D eigenvalue weighted by molar-refractivity contribution is -0.117. The molecule has 0 spiro atoms. The second-order valence-electron chi connectivity index (χ2n) is 4.23. The highest BCUT2D eigenvalue weighted by molar-refractivity contribution is 6.31. The maximum atomic E-state index is 13.0. The smallest absolute Gasteiger partial charge is 0.141 e. The van der Waals surface area contributed by atoms with Gasteiger partial charge in [0.25, 0.3) is 0 Å². The Morgan fingerprint density at radius 1 is 1.00 bits per heavy atom. The van der Waals surface area contributed by atoms with Gasteiger partial charge in [-0.3, -0.25) is 4.79 Å². The molecule has 0 bridgehead atoms. The maximum Gasteiger partial charge on any atom is 0.141 e. The lowest BCUT2D eigenvalue weighted by atomic mass is 10.0. The number of carbonyl (C=O) groups excluding carboxylic acids is 1. The van der Waals surface area contributed by atoms with Gasteiger partial charge in [-0.1, -0.05) is 47.5 Å². The summed E-state index contributed by atoms with van der Waals surface area (Å²) in [5, 5.41) is 0.607. The first-order chi connectivity index (χ1) is 9.06. The molecule has 0 unspecified atom stereocenters. The van der Waals surface area contributed by atoms with Crippen LogP contribution in [-0.2, 0) is 17.6 Å². The molecule has 98 valence electrons. The van der Waals surface area contributed by atoms with Gasteiger partial charge in [0.1, 0.15) is 11.6 Å². The highest BCUT2D eigenvalue weighted by Gasteiger charge is 2.09. The lowest BCUT2D eigenvalue weighted by Crippen LogP contribution is -2.07. The molecule has 0 aromatic heterocycles. The van der Waals surface area contributed by atoms with E-state index in [0.717, 1.165) is 5.56 Å². The zero-order valence-electron chi connectivity index (χ0n) is 10.00. The van der Waals surface area contributed by atoms with Crippen LogP contribution in [-0.4, -0.2) is 5.78 Å². The number of Topliss-reactive ketones (excluding diaryl/α,β-unsaturated/α-hetero) is 1. The topological polar surface area (TPSA) is 17.1 Å². The van der Waals surface area contributed by atoms with E-state index in [1.54, 1.807) is 12.1 Å². The van der Waals surface area contributed by atoms with Gasteiger partial charge in [-0.15, -0.1) is 0 Å². The van der Waals surface area contributed by atoms with E-state index in [2.05, 4.69) is 0 Å². The van der Waals surface area contributed by atoms with Crippen molar-refractivity contribution in [3.63, 3.8) is 0 Å². The number of ketones is 1. The molecule has 0 radical (unpaired) electrons. The third-order valence-corrected chi connectivity index (χ3v) is 3.39. The molecule has 0 aliphatic rings. The molecule has 0 atom stereocenters. The van der Waals surface area contributed by atoms with Gasteiger partial charge in [-0.2, -0.15) is 0 Å². The van der Waals surface area contributed by atoms with Gasteiger partial charge < -0.3 is 0 Å². The first-order valence-corrected chi connectivity index (χ1v) is 6.51. The van der Waals surface area contributed by atoms with Crippen molar-refractivity contribution in [1.29, 1.82) is 0 Å². The predicted molar refractivity (Wildman–Crippen MR) is 75.3 cm³/mol. The second kappa shape index (κ2) is 6.18. The molecule has 0 aliphatic carbocycles. The predicted octanol–water partition coefficient (Wildman–Crippen LogP) is 4.49. The van der Waals surface area contributed by atoms with Gasteiger partial charge in [-0.25, -0.2) is 4.39 Å². The van der Waals surface area contributed by atoms with Crippen molar-refractivity contribution in [2.45, 2.75) is 12.8 Å². The molecule has 0 saturated carbocycles. The molecule has 0 fully saturated rings. The van der Waals surface area contributed by atoms with E-state index in [9.17, 15) is 9.18 Å². The fraction of sp³-hybridized carbons (Fsp3) is 0.133. The van der Waals surface area contributed by atoms with Crippen molar-refractivity contribution in [2.24, 2.45) is 0 Å². The fourth-order valence-electron chi connectivity index (χ4n) is 1.79. The van der Waals surface area contributed by atoms with Crippen molar-refractivity contribution in [2.75, 3.05) is 0 Å². The standard InChI is InChI=1S/C15H11Cl2FO/c16-13-4-2-1-3-11(13)9-12(19)7-10-5-6-15(18)14(17)8-10/h1-6,8H,7,9H2. The van der Waals surface area contributed by atoms with Crippen LogP contribution < -0.4 is 0 Å². The summed E-state index contributed by atoms with van der Waals surface area (Å²) in [6, 6.07) is 11.5. The third-order valence-electron chi connectivity index (χ3n) is 2.73. The average Bonchev–Trinajstić information content (AvgIpc) is 2.37. The maximum absolute atomic E-state index is 13.0. The van der Waals surface area contributed by atoms with Crippen LogP contribution in [0.3, 0.4) is 0 Å². The Labute approximate surface area is 121 Å². The number of halogens is 3. The molecule has 0 saturated heterocycles. The fourth-order valence-corrected chi connectivity index (χ4v) is 2.20. The molecule has 2 aromatic rings. The summed E-state index contributed by atoms with van der Waals surface area (Å²) in [5.41, 5.74) is 1.49. The molecule has 0 amide bonds. The Morgan fingerprint density at radius 2 is 1.74 bits per heavy atom. The molecule has 0 N–H and O–H groups in total. The number of benzene rings is 2. The molecule has 4 heteroatoms. The minimum absolute atomic E-state index is 0.00998. The van der Waals surface area contributed by atoms with E-state index in [1.165, 1.54) is 12.1 Å². The Kier molecular flexibility index (Phi) is 4.56. The monoisotopic (exact) mass is 296 g/mol. The number of rotatable bonds is 4. The van der Waals surface area contributed by atoms with Crippen molar-refractivity contribution in [1.82, 2.24) is 0 Å². The summed E-state index contributed by atoms with van der Waals surface area (Å²) in [7, 11) is 0. The van der Waals surface area contributed by atoms with Crippen molar-refractivity contribution < 1.29 is 9.18 Å². The van der Waals surface area contributed by atoms with E-state index in [4.69, 9.17) is 23.2 Å². The van der Waals surface area contributed by atoms with Gasteiger partial charge in [0.15, 0.2) is 0 Å². The Balaban J connectivity index is 2.05. The van der Waals surface area contributed by atoms with Gasteiger partial charge >= 0.3 is 0 Å². The Morgan fingerprint density at radius 3 is 2.42 bits per heavy atom. The summed E-state index contributed by atoms with van der Waals surface area (Å²) in [4.78, 5) is 11.9. The molecule has 1 nitrogen and oxygen atoms in total. The van der Waals surface area contributed by atoms with Crippen LogP contribution in [0.1, 0.15) is 11.1 Å². The van der Waals surface area contributed by atoms with Crippen LogP contribution in [0.4, 0.5) is 4.39 Å². The molecular weight excluding hydrogens is 286 g/mol. The highest BCUT2D eigenvalue weighted by atomic mass is 35.5. The zero-order valence-corrected chi connectivity index (χ0v) is 11.5. The van der Waals surface area contributed by atoms with E-state index in [1.807, 2.05) is 18.2 Å². The Bertz CT molecular complexity index is 611. The lowest BCUT2D eigenvalue weighted by Gasteiger charge is -2.04. The quantitative estimate of drug-likeness (QED) is 0.812. The molecular formula is C15H11Cl2FO. The van der Waals surface area contributed by atoms with E-state index < -0.39 is 5.82 Å². The zero-order chi connectivity index (χ0) is 13.8. The van der Waals surface area contributed by atoms with Crippen LogP contribution in [0.5, 0.6) is 0 Å². The number of hydrogen-bond donors (Lipinski definition) is 0. The molecule has 2 rings (SSSR count). The van der Waals surface area contributed by atoms with Crippen molar-refractivity contribution in [3.8, 4) is 0 Å². The van der Waals surface area contributed by atoms with Crippen LogP contribution >= 0.6 is 23.2 Å². The summed E-state index contributed by atoms with van der Waals surface area (Å²) >= 11 is 11.7.